The van der Waals surface area contributed by atoms with E-state index >= 15 is 0 Å². The van der Waals surface area contributed by atoms with Crippen molar-refractivity contribution in [3.63, 3.8) is 0 Å². The maximum absolute atomic E-state index is 13.1. The summed E-state index contributed by atoms with van der Waals surface area (Å²) in [6.45, 7) is 1.70. The fourth-order valence-electron chi connectivity index (χ4n) is 4.56. The number of carbonyl (C=O) groups is 1. The molecule has 1 aliphatic heterocycles. The predicted octanol–water partition coefficient (Wildman–Crippen LogP) is 3.63. The van der Waals surface area contributed by atoms with Crippen molar-refractivity contribution in [3.05, 3.63) is 75.4 Å². The van der Waals surface area contributed by atoms with Crippen molar-refractivity contribution in [2.75, 3.05) is 20.1 Å². The van der Waals surface area contributed by atoms with Crippen LogP contribution in [0.3, 0.4) is 0 Å². The quantitative estimate of drug-likeness (QED) is 0.544. The summed E-state index contributed by atoms with van der Waals surface area (Å²) in [6.07, 6.45) is 11.7. The van der Waals surface area contributed by atoms with Gasteiger partial charge in [-0.3, -0.25) is 19.8 Å². The molecule has 1 saturated heterocycles. The zero-order valence-corrected chi connectivity index (χ0v) is 17.3. The number of fused-ring (bicyclic) bond motifs is 1. The number of amides is 1. The number of nitro groups is 1. The Labute approximate surface area is 177 Å². The number of allylic oxidation sites excluding steroid dienone is 2. The Balaban J connectivity index is 0.00000240. The summed E-state index contributed by atoms with van der Waals surface area (Å²) in [5.74, 6) is -0.0146. The number of hydrogen-bond acceptors (Lipinski definition) is 4. The van der Waals surface area contributed by atoms with Gasteiger partial charge in [0.25, 0.3) is 6.04 Å². The zero-order chi connectivity index (χ0) is 19.7. The van der Waals surface area contributed by atoms with E-state index in [1.165, 1.54) is 0 Å². The van der Waals surface area contributed by atoms with E-state index in [0.717, 1.165) is 42.6 Å². The third-order valence-electron chi connectivity index (χ3n) is 6.04. The lowest BCUT2D eigenvalue weighted by atomic mass is 9.90. The van der Waals surface area contributed by atoms with E-state index in [1.807, 2.05) is 49.5 Å². The average Bonchev–Trinajstić information content (AvgIpc) is 3.37. The molecule has 1 aromatic carbocycles. The molecule has 154 valence electrons. The molecule has 0 aromatic heterocycles. The Hall–Kier alpha value is -2.44. The lowest BCUT2D eigenvalue weighted by Gasteiger charge is -2.33. The Bertz CT molecular complexity index is 874. The summed E-state index contributed by atoms with van der Waals surface area (Å²) in [5, 5.41) is 11.6. The lowest BCUT2D eigenvalue weighted by molar-refractivity contribution is -0.515. The molecule has 4 rings (SSSR count). The van der Waals surface area contributed by atoms with Crippen molar-refractivity contribution in [1.29, 1.82) is 0 Å². The van der Waals surface area contributed by atoms with Gasteiger partial charge in [0.2, 0.25) is 5.91 Å². The van der Waals surface area contributed by atoms with E-state index in [9.17, 15) is 14.9 Å². The van der Waals surface area contributed by atoms with Crippen LogP contribution >= 0.6 is 12.4 Å². The molecule has 0 bridgehead atoms. The number of carbonyl (C=O) groups excluding carboxylic acids is 1. The number of halogens is 1. The summed E-state index contributed by atoms with van der Waals surface area (Å²) < 4.78 is 0. The first-order valence-electron chi connectivity index (χ1n) is 9.84. The van der Waals surface area contributed by atoms with Gasteiger partial charge in [0.05, 0.1) is 6.04 Å². The van der Waals surface area contributed by atoms with Crippen LogP contribution in [-0.2, 0) is 4.79 Å². The van der Waals surface area contributed by atoms with E-state index in [4.69, 9.17) is 0 Å². The van der Waals surface area contributed by atoms with Crippen molar-refractivity contribution in [1.82, 2.24) is 9.80 Å². The molecule has 1 heterocycles. The molecular formula is C22H26ClN3O3. The van der Waals surface area contributed by atoms with Crippen LogP contribution in [0.2, 0.25) is 0 Å². The van der Waals surface area contributed by atoms with Crippen LogP contribution in [0.4, 0.5) is 0 Å². The molecule has 1 fully saturated rings. The fraction of sp³-hybridized carbons (Fsp3) is 0.409. The topological polar surface area (TPSA) is 66.7 Å². The largest absolute Gasteiger partial charge is 0.335 e. The first kappa shape index (κ1) is 21.3. The number of likely N-dealkylation sites (N-methyl/N-ethyl adjacent to an activating group) is 1. The number of rotatable bonds is 5. The molecule has 0 radical (unpaired) electrons. The molecule has 7 heteroatoms. The van der Waals surface area contributed by atoms with Gasteiger partial charge in [-0.15, -0.1) is 12.4 Å². The van der Waals surface area contributed by atoms with E-state index in [1.54, 1.807) is 17.1 Å². The first-order valence-corrected chi connectivity index (χ1v) is 9.84. The maximum atomic E-state index is 13.1. The van der Waals surface area contributed by atoms with Gasteiger partial charge in [0, 0.05) is 18.4 Å². The number of benzene rings is 1. The maximum Gasteiger partial charge on any atom is 0.250 e. The molecule has 6 nitrogen and oxygen atoms in total. The molecule has 0 saturated carbocycles. The molecule has 0 spiro atoms. The monoisotopic (exact) mass is 415 g/mol. The predicted molar refractivity (Wildman–Crippen MR) is 115 cm³/mol. The molecule has 1 aromatic rings. The van der Waals surface area contributed by atoms with Crippen molar-refractivity contribution in [3.8, 4) is 0 Å². The molecule has 1 amide bonds. The van der Waals surface area contributed by atoms with Gasteiger partial charge < -0.3 is 4.90 Å². The molecular weight excluding hydrogens is 390 g/mol. The summed E-state index contributed by atoms with van der Waals surface area (Å²) >= 11 is 0. The highest BCUT2D eigenvalue weighted by molar-refractivity contribution is 5.85. The van der Waals surface area contributed by atoms with E-state index in [-0.39, 0.29) is 41.7 Å². The van der Waals surface area contributed by atoms with E-state index in [0.29, 0.717) is 0 Å². The van der Waals surface area contributed by atoms with Crippen LogP contribution in [0.15, 0.2) is 54.1 Å². The standard InChI is InChI=1S/C22H25N3O3.ClH/c1-23(19-12-11-16-7-2-3-9-18(16)19)21(26)15-17-8-6-10-20(25(27)28)22(17)24-13-4-5-14-24;/h2-3,6-12,19-20,22H,4-5,13-15H2,1H3;1H/t19?,20-,22-;/m0./s1. The van der Waals surface area contributed by atoms with Crippen molar-refractivity contribution < 1.29 is 9.72 Å². The van der Waals surface area contributed by atoms with Crippen molar-refractivity contribution >= 4 is 24.4 Å². The smallest absolute Gasteiger partial charge is 0.250 e. The van der Waals surface area contributed by atoms with Gasteiger partial charge in [-0.1, -0.05) is 48.6 Å². The Kier molecular flexibility index (Phi) is 6.55. The highest BCUT2D eigenvalue weighted by atomic mass is 35.5. The van der Waals surface area contributed by atoms with Gasteiger partial charge in [-0.2, -0.15) is 0 Å². The molecule has 2 aliphatic carbocycles. The van der Waals surface area contributed by atoms with Crippen molar-refractivity contribution in [2.45, 2.75) is 37.4 Å². The first-order chi connectivity index (χ1) is 13.6. The number of hydrogen-bond donors (Lipinski definition) is 0. The lowest BCUT2D eigenvalue weighted by Crippen LogP contribution is -2.48. The van der Waals surface area contributed by atoms with Crippen LogP contribution in [0, 0.1) is 10.1 Å². The average molecular weight is 416 g/mol. The minimum Gasteiger partial charge on any atom is -0.335 e. The minimum absolute atomic E-state index is 0. The molecule has 3 atom stereocenters. The summed E-state index contributed by atoms with van der Waals surface area (Å²) in [7, 11) is 1.81. The molecule has 0 N–H and O–H groups in total. The fourth-order valence-corrected chi connectivity index (χ4v) is 4.56. The van der Waals surface area contributed by atoms with Gasteiger partial charge in [0.15, 0.2) is 0 Å². The zero-order valence-electron chi connectivity index (χ0n) is 16.4. The molecule has 29 heavy (non-hydrogen) atoms. The van der Waals surface area contributed by atoms with Crippen LogP contribution in [0.1, 0.15) is 36.4 Å². The van der Waals surface area contributed by atoms with Gasteiger partial charge in [-0.05, 0) is 48.7 Å². The second-order valence-corrected chi connectivity index (χ2v) is 7.70. The summed E-state index contributed by atoms with van der Waals surface area (Å²) in [6, 6.07) is 6.86. The minimum atomic E-state index is -0.789. The second-order valence-electron chi connectivity index (χ2n) is 7.70. The van der Waals surface area contributed by atoms with Crippen LogP contribution in [0.5, 0.6) is 0 Å². The third kappa shape index (κ3) is 4.14. The Morgan fingerprint density at radius 3 is 2.69 bits per heavy atom. The third-order valence-corrected chi connectivity index (χ3v) is 6.04. The van der Waals surface area contributed by atoms with Crippen LogP contribution in [0.25, 0.3) is 6.08 Å². The van der Waals surface area contributed by atoms with Gasteiger partial charge in [-0.25, -0.2) is 0 Å². The van der Waals surface area contributed by atoms with Crippen molar-refractivity contribution in [2.24, 2.45) is 0 Å². The normalized spacial score (nSPS) is 25.3. The number of nitrogens with zero attached hydrogens (tertiary/aromatic N) is 3. The summed E-state index contributed by atoms with van der Waals surface area (Å²) in [5.41, 5.74) is 3.10. The number of likely N-dealkylation sites (tertiary alicyclic amines) is 1. The van der Waals surface area contributed by atoms with E-state index in [2.05, 4.69) is 4.90 Å². The molecule has 1 unspecified atom stereocenters. The highest BCUT2D eigenvalue weighted by Crippen LogP contribution is 2.33. The highest BCUT2D eigenvalue weighted by Gasteiger charge is 2.40. The van der Waals surface area contributed by atoms with Gasteiger partial charge in [0.1, 0.15) is 6.04 Å². The summed E-state index contributed by atoms with van der Waals surface area (Å²) in [4.78, 5) is 28.4. The van der Waals surface area contributed by atoms with Crippen LogP contribution < -0.4 is 0 Å². The van der Waals surface area contributed by atoms with E-state index < -0.39 is 6.04 Å². The molecule has 3 aliphatic rings. The Morgan fingerprint density at radius 2 is 1.97 bits per heavy atom. The van der Waals surface area contributed by atoms with Crippen LogP contribution in [-0.4, -0.2) is 52.9 Å². The second kappa shape index (κ2) is 8.93. The Morgan fingerprint density at radius 1 is 1.24 bits per heavy atom. The van der Waals surface area contributed by atoms with Gasteiger partial charge >= 0.3 is 0 Å². The SMILES string of the molecule is CN(C(=O)CC1=CC=C[C@H]([N+](=O)[O-])[C@H]1N1CCCC1)C1C=Cc2ccccc21.Cl.